The molecular weight excluding hydrogens is 323 g/mol. The number of rotatable bonds is 5. The molecule has 1 aliphatic rings. The summed E-state index contributed by atoms with van der Waals surface area (Å²) in [5.74, 6) is 0.454. The van der Waals surface area contributed by atoms with Gasteiger partial charge in [0.25, 0.3) is 0 Å². The Morgan fingerprint density at radius 1 is 1.39 bits per heavy atom. The zero-order valence-electron chi connectivity index (χ0n) is 12.4. The molecule has 1 aromatic heterocycles. The van der Waals surface area contributed by atoms with Gasteiger partial charge in [0.15, 0.2) is 11.6 Å². The zero-order chi connectivity index (χ0) is 16.1. The van der Waals surface area contributed by atoms with E-state index in [1.807, 2.05) is 0 Å². The van der Waals surface area contributed by atoms with E-state index >= 15 is 0 Å². The Labute approximate surface area is 136 Å². The van der Waals surface area contributed by atoms with E-state index in [9.17, 15) is 9.18 Å². The highest BCUT2D eigenvalue weighted by Gasteiger charge is 2.14. The number of ether oxygens (including phenoxy) is 1. The average molecular weight is 340 g/mol. The van der Waals surface area contributed by atoms with Gasteiger partial charge >= 0.3 is 6.03 Å². The number of urea groups is 1. The second-order valence-corrected chi connectivity index (χ2v) is 5.91. The largest absolute Gasteiger partial charge is 0.379 e. The van der Waals surface area contributed by atoms with Crippen molar-refractivity contribution in [2.45, 2.75) is 0 Å². The monoisotopic (exact) mass is 340 g/mol. The molecule has 0 radical (unpaired) electrons. The molecule has 23 heavy (non-hydrogen) atoms. The topological polar surface area (TPSA) is 79.6 Å². The Morgan fingerprint density at radius 2 is 2.22 bits per heavy atom. The van der Waals surface area contributed by atoms with Crippen LogP contribution in [-0.2, 0) is 4.74 Å². The van der Waals surface area contributed by atoms with Crippen molar-refractivity contribution in [1.82, 2.24) is 14.8 Å². The minimum atomic E-state index is -0.511. The third-order valence-corrected chi connectivity index (χ3v) is 4.18. The number of carbonyl (C=O) groups is 1. The lowest BCUT2D eigenvalue weighted by Gasteiger charge is -2.26. The Balaban J connectivity index is 1.44. The Kier molecular flexibility index (Phi) is 5.31. The van der Waals surface area contributed by atoms with Crippen LogP contribution in [0.3, 0.4) is 0 Å². The van der Waals surface area contributed by atoms with Crippen LogP contribution >= 0.6 is 11.9 Å². The van der Waals surface area contributed by atoms with Crippen molar-refractivity contribution >= 4 is 34.8 Å². The minimum absolute atomic E-state index is 0.0303. The van der Waals surface area contributed by atoms with E-state index in [1.54, 1.807) is 6.07 Å². The van der Waals surface area contributed by atoms with Gasteiger partial charge < -0.3 is 9.26 Å². The number of anilines is 1. The molecule has 2 aromatic rings. The van der Waals surface area contributed by atoms with Crippen molar-refractivity contribution in [3.8, 4) is 0 Å². The summed E-state index contributed by atoms with van der Waals surface area (Å²) in [5.41, 5.74) is 0.0303. The van der Waals surface area contributed by atoms with Crippen molar-refractivity contribution < 1.29 is 18.4 Å². The predicted molar refractivity (Wildman–Crippen MR) is 85.8 cm³/mol. The molecule has 3 rings (SSSR count). The maximum atomic E-state index is 13.5. The van der Waals surface area contributed by atoms with Gasteiger partial charge in [-0.3, -0.25) is 14.9 Å². The molecule has 0 saturated carbocycles. The van der Waals surface area contributed by atoms with Crippen molar-refractivity contribution in [2.24, 2.45) is 0 Å². The molecule has 0 aliphatic carbocycles. The Bertz CT molecular complexity index is 675. The first-order valence-electron chi connectivity index (χ1n) is 7.27. The minimum Gasteiger partial charge on any atom is -0.379 e. The van der Waals surface area contributed by atoms with Gasteiger partial charge in [-0.25, -0.2) is 9.18 Å². The number of nitrogens with one attached hydrogen (secondary N) is 2. The fourth-order valence-electron chi connectivity index (χ4n) is 2.27. The van der Waals surface area contributed by atoms with Crippen molar-refractivity contribution in [3.05, 3.63) is 24.0 Å². The molecule has 0 atom stereocenters. The van der Waals surface area contributed by atoms with E-state index in [1.165, 1.54) is 24.1 Å². The van der Waals surface area contributed by atoms with Crippen molar-refractivity contribution in [1.29, 1.82) is 0 Å². The van der Waals surface area contributed by atoms with E-state index in [0.29, 0.717) is 5.39 Å². The summed E-state index contributed by atoms with van der Waals surface area (Å²) in [6.45, 7) is 4.24. The summed E-state index contributed by atoms with van der Waals surface area (Å²) in [5, 5.41) is 6.66. The van der Waals surface area contributed by atoms with Gasteiger partial charge in [-0.15, -0.1) is 0 Å². The fraction of sp³-hybridized carbons (Fsp3) is 0.429. The van der Waals surface area contributed by atoms with Crippen LogP contribution in [0.15, 0.2) is 22.7 Å². The van der Waals surface area contributed by atoms with Crippen LogP contribution in [0.1, 0.15) is 0 Å². The fourth-order valence-corrected chi connectivity index (χ4v) is 2.90. The molecule has 2 N–H and O–H groups in total. The lowest BCUT2D eigenvalue weighted by Crippen LogP contribution is -2.38. The number of aromatic nitrogens is 1. The van der Waals surface area contributed by atoms with Crippen LogP contribution in [0.25, 0.3) is 11.0 Å². The number of fused-ring (bicyclic) bond motifs is 1. The SMILES string of the molecule is O=C(NSCCN1CCOCC1)Nc1noc2c(F)cccc12. The number of carbonyl (C=O) groups excluding carboxylic acids is 1. The van der Waals surface area contributed by atoms with E-state index < -0.39 is 11.8 Å². The van der Waals surface area contributed by atoms with E-state index in [4.69, 9.17) is 9.26 Å². The van der Waals surface area contributed by atoms with Crippen molar-refractivity contribution in [2.75, 3.05) is 43.9 Å². The Morgan fingerprint density at radius 3 is 3.04 bits per heavy atom. The number of amides is 2. The third-order valence-electron chi connectivity index (χ3n) is 3.46. The van der Waals surface area contributed by atoms with Crippen LogP contribution in [0, 0.1) is 5.82 Å². The lowest BCUT2D eigenvalue weighted by atomic mass is 10.2. The molecule has 2 amide bonds. The first-order valence-corrected chi connectivity index (χ1v) is 8.25. The van der Waals surface area contributed by atoms with E-state index in [2.05, 4.69) is 20.1 Å². The number of hydrogen-bond acceptors (Lipinski definition) is 6. The van der Waals surface area contributed by atoms with E-state index in [0.717, 1.165) is 38.6 Å². The normalized spacial score (nSPS) is 15.7. The van der Waals surface area contributed by atoms with Crippen LogP contribution in [0.4, 0.5) is 15.0 Å². The second-order valence-electron chi connectivity index (χ2n) is 5.01. The number of halogens is 1. The molecule has 1 aliphatic heterocycles. The zero-order valence-corrected chi connectivity index (χ0v) is 13.2. The first kappa shape index (κ1) is 16.0. The van der Waals surface area contributed by atoms with Crippen LogP contribution < -0.4 is 10.0 Å². The quantitative estimate of drug-likeness (QED) is 0.641. The highest BCUT2D eigenvalue weighted by atomic mass is 32.2. The van der Waals surface area contributed by atoms with Gasteiger partial charge in [0.2, 0.25) is 5.58 Å². The Hall–Kier alpha value is -1.84. The smallest absolute Gasteiger partial charge is 0.330 e. The predicted octanol–water partition coefficient (Wildman–Crippen LogP) is 2.07. The second kappa shape index (κ2) is 7.62. The molecule has 1 fully saturated rings. The summed E-state index contributed by atoms with van der Waals surface area (Å²) in [6.07, 6.45) is 0. The first-order chi connectivity index (χ1) is 11.2. The van der Waals surface area contributed by atoms with E-state index in [-0.39, 0.29) is 11.4 Å². The van der Waals surface area contributed by atoms with Crippen molar-refractivity contribution in [3.63, 3.8) is 0 Å². The highest BCUT2D eigenvalue weighted by molar-refractivity contribution is 7.97. The number of morpholine rings is 1. The van der Waals surface area contributed by atoms with Gasteiger partial charge in [0.05, 0.1) is 18.6 Å². The van der Waals surface area contributed by atoms with Gasteiger partial charge in [0.1, 0.15) is 0 Å². The van der Waals surface area contributed by atoms with Crippen LogP contribution in [0.5, 0.6) is 0 Å². The molecular formula is C14H17FN4O3S. The van der Waals surface area contributed by atoms with Gasteiger partial charge in [-0.1, -0.05) is 11.2 Å². The molecule has 1 saturated heterocycles. The van der Waals surface area contributed by atoms with Gasteiger partial charge in [-0.05, 0) is 24.1 Å². The maximum absolute atomic E-state index is 13.5. The number of para-hydroxylation sites is 1. The maximum Gasteiger partial charge on any atom is 0.330 e. The lowest BCUT2D eigenvalue weighted by molar-refractivity contribution is 0.0410. The summed E-state index contributed by atoms with van der Waals surface area (Å²) in [6, 6.07) is 4.03. The molecule has 0 unspecified atom stereocenters. The standard InChI is InChI=1S/C14H17FN4O3S/c15-11-3-1-2-10-12(11)22-17-13(10)16-14(20)18-23-9-6-19-4-7-21-8-5-19/h1-3H,4-9H2,(H2,16,17,18,20). The third kappa shape index (κ3) is 4.12. The van der Waals surface area contributed by atoms with Gasteiger partial charge in [-0.2, -0.15) is 0 Å². The molecule has 0 bridgehead atoms. The summed E-state index contributed by atoms with van der Waals surface area (Å²) < 4.78 is 26.3. The molecule has 9 heteroatoms. The number of benzene rings is 1. The summed E-state index contributed by atoms with van der Waals surface area (Å²) in [7, 11) is 0. The van der Waals surface area contributed by atoms with Gasteiger partial charge in [0, 0.05) is 25.4 Å². The summed E-state index contributed by atoms with van der Waals surface area (Å²) in [4.78, 5) is 14.1. The molecule has 2 heterocycles. The highest BCUT2D eigenvalue weighted by Crippen LogP contribution is 2.24. The van der Waals surface area contributed by atoms with Crippen LogP contribution in [-0.4, -0.2) is 54.7 Å². The van der Waals surface area contributed by atoms with Crippen LogP contribution in [0.2, 0.25) is 0 Å². The molecule has 7 nitrogen and oxygen atoms in total. The number of nitrogens with zero attached hydrogens (tertiary/aromatic N) is 2. The molecule has 0 spiro atoms. The average Bonchev–Trinajstić information content (AvgIpc) is 2.97. The molecule has 124 valence electrons. The number of hydrogen-bond donors (Lipinski definition) is 2. The molecule has 1 aromatic carbocycles. The summed E-state index contributed by atoms with van der Waals surface area (Å²) >= 11 is 1.31.